The number of halogens is 3. The molecule has 1 aliphatic heterocycles. The summed E-state index contributed by atoms with van der Waals surface area (Å²) >= 11 is 0. The van der Waals surface area contributed by atoms with Crippen molar-refractivity contribution in [1.82, 2.24) is 0 Å². The first-order valence-corrected chi connectivity index (χ1v) is 6.81. The molecule has 1 N–H and O–H groups in total. The van der Waals surface area contributed by atoms with E-state index in [0.717, 1.165) is 23.9 Å². The highest BCUT2D eigenvalue weighted by Gasteiger charge is 2.36. The molecule has 1 heterocycles. The first-order chi connectivity index (χ1) is 9.12. The molecule has 0 saturated carbocycles. The van der Waals surface area contributed by atoms with E-state index >= 15 is 0 Å². The first kappa shape index (κ1) is 15.2. The van der Waals surface area contributed by atoms with Crippen LogP contribution in [0.4, 0.5) is 18.9 Å². The van der Waals surface area contributed by atoms with Crippen LogP contribution in [0.3, 0.4) is 0 Å². The average Bonchev–Trinajstić information content (AvgIpc) is 2.60. The molecule has 1 aromatic rings. The van der Waals surface area contributed by atoms with E-state index in [1.807, 2.05) is 6.92 Å². The molecule has 1 aliphatic rings. The molecule has 0 saturated heterocycles. The number of likely N-dealkylation sites (N-methyl/N-ethyl adjacent to an activating group) is 1. The maximum Gasteiger partial charge on any atom is 0.416 e. The normalized spacial score (nSPS) is 19.4. The Balaban J connectivity index is 2.30. The molecule has 1 unspecified atom stereocenters. The SMILES string of the molecule is CCN1c2ccc(C(F)(F)F)cc2CC1CC(C)(C)O. The summed E-state index contributed by atoms with van der Waals surface area (Å²) in [6, 6.07) is 3.97. The van der Waals surface area contributed by atoms with Crippen LogP contribution in [0.2, 0.25) is 0 Å². The average molecular weight is 287 g/mol. The lowest BCUT2D eigenvalue weighted by Gasteiger charge is -2.30. The van der Waals surface area contributed by atoms with E-state index in [4.69, 9.17) is 0 Å². The molecule has 2 rings (SSSR count). The van der Waals surface area contributed by atoms with E-state index in [9.17, 15) is 18.3 Å². The topological polar surface area (TPSA) is 23.5 Å². The summed E-state index contributed by atoms with van der Waals surface area (Å²) < 4.78 is 38.3. The zero-order chi connectivity index (χ0) is 15.1. The molecule has 0 aliphatic carbocycles. The Kier molecular flexibility index (Phi) is 3.75. The number of nitrogens with zero attached hydrogens (tertiary/aromatic N) is 1. The maximum absolute atomic E-state index is 12.8. The molecule has 2 nitrogen and oxygen atoms in total. The van der Waals surface area contributed by atoms with Gasteiger partial charge in [-0.3, -0.25) is 0 Å². The lowest BCUT2D eigenvalue weighted by molar-refractivity contribution is -0.137. The van der Waals surface area contributed by atoms with E-state index in [-0.39, 0.29) is 6.04 Å². The molecule has 0 fully saturated rings. The van der Waals surface area contributed by atoms with Crippen molar-refractivity contribution >= 4 is 5.69 Å². The Morgan fingerprint density at radius 3 is 2.45 bits per heavy atom. The van der Waals surface area contributed by atoms with Crippen molar-refractivity contribution in [2.45, 2.75) is 51.4 Å². The van der Waals surface area contributed by atoms with Crippen LogP contribution in [0, 0.1) is 0 Å². The number of rotatable bonds is 3. The minimum absolute atomic E-state index is 0.0542. The van der Waals surface area contributed by atoms with E-state index in [0.29, 0.717) is 12.8 Å². The molecular formula is C15H20F3NO. The Bertz CT molecular complexity index is 491. The fourth-order valence-corrected chi connectivity index (χ4v) is 2.95. The number of anilines is 1. The van der Waals surface area contributed by atoms with Crippen molar-refractivity contribution in [2.75, 3.05) is 11.4 Å². The van der Waals surface area contributed by atoms with Gasteiger partial charge in [0.2, 0.25) is 0 Å². The minimum atomic E-state index is -4.31. The number of benzene rings is 1. The second-order valence-corrected chi connectivity index (χ2v) is 6.00. The van der Waals surface area contributed by atoms with Gasteiger partial charge in [-0.2, -0.15) is 13.2 Å². The Morgan fingerprint density at radius 2 is 1.95 bits per heavy atom. The van der Waals surface area contributed by atoms with Crippen molar-refractivity contribution in [3.05, 3.63) is 29.3 Å². The predicted molar refractivity (Wildman–Crippen MR) is 72.9 cm³/mol. The van der Waals surface area contributed by atoms with Gasteiger partial charge in [0.05, 0.1) is 11.2 Å². The zero-order valence-electron chi connectivity index (χ0n) is 12.0. The molecule has 1 aromatic carbocycles. The van der Waals surface area contributed by atoms with Crippen molar-refractivity contribution in [2.24, 2.45) is 0 Å². The second kappa shape index (κ2) is 4.95. The molecule has 0 bridgehead atoms. The van der Waals surface area contributed by atoms with E-state index < -0.39 is 17.3 Å². The number of fused-ring (bicyclic) bond motifs is 1. The van der Waals surface area contributed by atoms with Gasteiger partial charge in [-0.05, 0) is 57.4 Å². The van der Waals surface area contributed by atoms with E-state index in [1.165, 1.54) is 6.07 Å². The third-order valence-electron chi connectivity index (χ3n) is 3.69. The Labute approximate surface area is 117 Å². The molecule has 0 amide bonds. The standard InChI is InChI=1S/C15H20F3NO/c1-4-19-12(9-14(2,3)20)8-10-7-11(15(16,17)18)5-6-13(10)19/h5-7,12,20H,4,8-9H2,1-3H3. The fourth-order valence-electron chi connectivity index (χ4n) is 2.95. The molecule has 5 heteroatoms. The first-order valence-electron chi connectivity index (χ1n) is 6.81. The van der Waals surface area contributed by atoms with Crippen LogP contribution in [0.5, 0.6) is 0 Å². The number of hydrogen-bond donors (Lipinski definition) is 1. The molecular weight excluding hydrogens is 267 g/mol. The third kappa shape index (κ3) is 3.08. The molecule has 0 spiro atoms. The quantitative estimate of drug-likeness (QED) is 0.918. The summed E-state index contributed by atoms with van der Waals surface area (Å²) in [5.41, 5.74) is 0.148. The van der Waals surface area contributed by atoms with Gasteiger partial charge < -0.3 is 10.0 Å². The molecule has 1 atom stereocenters. The number of alkyl halides is 3. The predicted octanol–water partition coefficient (Wildman–Crippen LogP) is 3.62. The van der Waals surface area contributed by atoms with Crippen molar-refractivity contribution in [3.8, 4) is 0 Å². The summed E-state index contributed by atoms with van der Waals surface area (Å²) in [6.45, 7) is 6.15. The monoisotopic (exact) mass is 287 g/mol. The fraction of sp³-hybridized carbons (Fsp3) is 0.600. The summed E-state index contributed by atoms with van der Waals surface area (Å²) in [5.74, 6) is 0. The Hall–Kier alpha value is -1.23. The van der Waals surface area contributed by atoms with Crippen molar-refractivity contribution < 1.29 is 18.3 Å². The highest BCUT2D eigenvalue weighted by Crippen LogP contribution is 2.39. The molecule has 0 radical (unpaired) electrons. The molecule has 20 heavy (non-hydrogen) atoms. The van der Waals surface area contributed by atoms with Crippen LogP contribution in [0.25, 0.3) is 0 Å². The van der Waals surface area contributed by atoms with Crippen LogP contribution in [-0.4, -0.2) is 23.3 Å². The smallest absolute Gasteiger partial charge is 0.390 e. The molecule has 112 valence electrons. The van der Waals surface area contributed by atoms with E-state index in [2.05, 4.69) is 4.90 Å². The van der Waals surface area contributed by atoms with Crippen molar-refractivity contribution in [3.63, 3.8) is 0 Å². The van der Waals surface area contributed by atoms with Gasteiger partial charge >= 0.3 is 6.18 Å². The van der Waals surface area contributed by atoms with Crippen LogP contribution in [0.1, 0.15) is 38.3 Å². The number of aliphatic hydroxyl groups is 1. The van der Waals surface area contributed by atoms with Crippen molar-refractivity contribution in [1.29, 1.82) is 0 Å². The third-order valence-corrected chi connectivity index (χ3v) is 3.69. The van der Waals surface area contributed by atoms with Gasteiger partial charge in [0.1, 0.15) is 0 Å². The van der Waals surface area contributed by atoms with Gasteiger partial charge in [0, 0.05) is 18.3 Å². The molecule has 0 aromatic heterocycles. The Morgan fingerprint density at radius 1 is 1.30 bits per heavy atom. The maximum atomic E-state index is 12.8. The van der Waals surface area contributed by atoms with Gasteiger partial charge in [-0.1, -0.05) is 0 Å². The zero-order valence-corrected chi connectivity index (χ0v) is 12.0. The van der Waals surface area contributed by atoms with Gasteiger partial charge in [-0.15, -0.1) is 0 Å². The largest absolute Gasteiger partial charge is 0.416 e. The lowest BCUT2D eigenvalue weighted by atomic mass is 9.96. The van der Waals surface area contributed by atoms with Gasteiger partial charge in [0.25, 0.3) is 0 Å². The second-order valence-electron chi connectivity index (χ2n) is 6.00. The number of hydrogen-bond acceptors (Lipinski definition) is 2. The van der Waals surface area contributed by atoms with Gasteiger partial charge in [0.15, 0.2) is 0 Å². The lowest BCUT2D eigenvalue weighted by Crippen LogP contribution is -2.38. The summed E-state index contributed by atoms with van der Waals surface area (Å²) in [7, 11) is 0. The summed E-state index contributed by atoms with van der Waals surface area (Å²) in [6.07, 6.45) is -3.21. The van der Waals surface area contributed by atoms with Crippen LogP contribution in [0.15, 0.2) is 18.2 Å². The van der Waals surface area contributed by atoms with Crippen LogP contribution in [-0.2, 0) is 12.6 Å². The van der Waals surface area contributed by atoms with E-state index in [1.54, 1.807) is 19.9 Å². The summed E-state index contributed by atoms with van der Waals surface area (Å²) in [4.78, 5) is 2.08. The highest BCUT2D eigenvalue weighted by molar-refractivity contribution is 5.60. The van der Waals surface area contributed by atoms with Crippen LogP contribution >= 0.6 is 0 Å². The van der Waals surface area contributed by atoms with Crippen LogP contribution < -0.4 is 4.90 Å². The minimum Gasteiger partial charge on any atom is -0.390 e. The summed E-state index contributed by atoms with van der Waals surface area (Å²) in [5, 5.41) is 9.95. The highest BCUT2D eigenvalue weighted by atomic mass is 19.4. The van der Waals surface area contributed by atoms with Gasteiger partial charge in [-0.25, -0.2) is 0 Å².